The van der Waals surface area contributed by atoms with Gasteiger partial charge in [-0.15, -0.1) is 0 Å². The van der Waals surface area contributed by atoms with Crippen LogP contribution in [0.4, 0.5) is 5.69 Å². The Hall–Kier alpha value is -2.53. The minimum Gasteiger partial charge on any atom is -0.497 e. The number of anilines is 1. The molecule has 1 atom stereocenters. The second kappa shape index (κ2) is 7.24. The maximum absolute atomic E-state index is 11.7. The van der Waals surface area contributed by atoms with Crippen molar-refractivity contribution >= 4 is 11.5 Å². The van der Waals surface area contributed by atoms with E-state index in [1.54, 1.807) is 7.11 Å². The SMILES string of the molecule is CCOc1ccc(N2C[C@@](O)(c3ccc(OC)cc3)[N+]3=C2CCCC3)cc1. The molecule has 0 unspecified atom stereocenters. The number of ether oxygens (including phenoxy) is 2. The normalized spacial score (nSPS) is 22.0. The second-order valence-electron chi connectivity index (χ2n) is 7.08. The standard InChI is InChI=1S/C22H27N2O3/c1-3-27-20-13-9-18(10-14-20)23-16-22(25,24-15-5-4-6-21(23)24)17-7-11-19(26-2)12-8-17/h7-14,25H,3-6,15-16H2,1-2H3/q+1/t22-/m1/s1. The summed E-state index contributed by atoms with van der Waals surface area (Å²) in [6, 6.07) is 15.9. The molecule has 0 saturated carbocycles. The van der Waals surface area contributed by atoms with Gasteiger partial charge in [0.15, 0.2) is 6.54 Å². The summed E-state index contributed by atoms with van der Waals surface area (Å²) in [5.74, 6) is 2.87. The number of rotatable bonds is 5. The molecule has 1 N–H and O–H groups in total. The van der Waals surface area contributed by atoms with Gasteiger partial charge in [0.25, 0.3) is 11.6 Å². The molecule has 27 heavy (non-hydrogen) atoms. The fourth-order valence-corrected chi connectivity index (χ4v) is 4.13. The van der Waals surface area contributed by atoms with Crippen LogP contribution in [-0.4, -0.2) is 42.3 Å². The summed E-state index contributed by atoms with van der Waals surface area (Å²) in [5, 5.41) is 11.7. The topological polar surface area (TPSA) is 44.9 Å². The van der Waals surface area contributed by atoms with Crippen LogP contribution in [0.15, 0.2) is 48.5 Å². The first kappa shape index (κ1) is 17.9. The Balaban J connectivity index is 1.70. The molecule has 0 aromatic heterocycles. The summed E-state index contributed by atoms with van der Waals surface area (Å²) in [6.45, 7) is 4.03. The number of methoxy groups -OCH3 is 1. The number of benzene rings is 2. The lowest BCUT2D eigenvalue weighted by Crippen LogP contribution is -2.41. The average molecular weight is 367 g/mol. The van der Waals surface area contributed by atoms with Crippen molar-refractivity contribution in [1.82, 2.24) is 0 Å². The molecular weight excluding hydrogens is 340 g/mol. The molecule has 0 radical (unpaired) electrons. The highest BCUT2D eigenvalue weighted by Crippen LogP contribution is 2.36. The Morgan fingerprint density at radius 1 is 1.04 bits per heavy atom. The van der Waals surface area contributed by atoms with Crippen molar-refractivity contribution in [2.24, 2.45) is 0 Å². The summed E-state index contributed by atoms with van der Waals surface area (Å²) < 4.78 is 13.0. The van der Waals surface area contributed by atoms with Gasteiger partial charge in [-0.05, 0) is 68.3 Å². The van der Waals surface area contributed by atoms with Crippen LogP contribution in [0.1, 0.15) is 31.7 Å². The van der Waals surface area contributed by atoms with Gasteiger partial charge in [-0.2, -0.15) is 0 Å². The van der Waals surface area contributed by atoms with Gasteiger partial charge in [0.1, 0.15) is 17.2 Å². The number of aliphatic hydroxyl groups is 1. The minimum atomic E-state index is -1.03. The molecule has 142 valence electrons. The maximum Gasteiger partial charge on any atom is 0.271 e. The highest BCUT2D eigenvalue weighted by Gasteiger charge is 2.52. The lowest BCUT2D eigenvalue weighted by atomic mass is 10.0. The third-order valence-electron chi connectivity index (χ3n) is 5.49. The molecule has 2 aromatic carbocycles. The highest BCUT2D eigenvalue weighted by atomic mass is 16.5. The van der Waals surface area contributed by atoms with E-state index in [4.69, 9.17) is 9.47 Å². The number of β-amino-alcohol motifs (C(OH)–C–C–N with tert-alkyl or cyclic N) is 1. The summed E-state index contributed by atoms with van der Waals surface area (Å²) in [4.78, 5) is 2.25. The third kappa shape index (κ3) is 3.16. The zero-order valence-corrected chi connectivity index (χ0v) is 16.0. The van der Waals surface area contributed by atoms with Crippen molar-refractivity contribution in [2.45, 2.75) is 31.9 Å². The number of amidine groups is 1. The van der Waals surface area contributed by atoms with Gasteiger partial charge in [0, 0.05) is 12.0 Å². The van der Waals surface area contributed by atoms with Crippen molar-refractivity contribution in [1.29, 1.82) is 0 Å². The van der Waals surface area contributed by atoms with Crippen LogP contribution in [0.25, 0.3) is 0 Å². The number of hydrogen-bond acceptors (Lipinski definition) is 4. The minimum absolute atomic E-state index is 0.517. The monoisotopic (exact) mass is 367 g/mol. The number of nitrogens with zero attached hydrogens (tertiary/aromatic N) is 2. The van der Waals surface area contributed by atoms with Crippen LogP contribution < -0.4 is 14.4 Å². The second-order valence-corrected chi connectivity index (χ2v) is 7.08. The van der Waals surface area contributed by atoms with Gasteiger partial charge >= 0.3 is 0 Å². The van der Waals surface area contributed by atoms with Gasteiger partial charge in [-0.3, -0.25) is 0 Å². The van der Waals surface area contributed by atoms with Crippen LogP contribution >= 0.6 is 0 Å². The molecular formula is C22H27N2O3+. The van der Waals surface area contributed by atoms with Crippen molar-refractivity contribution < 1.29 is 19.2 Å². The molecule has 0 fully saturated rings. The summed E-state index contributed by atoms with van der Waals surface area (Å²) in [5.41, 5.74) is 0.960. The van der Waals surface area contributed by atoms with Crippen molar-refractivity contribution in [2.75, 3.05) is 31.7 Å². The zero-order chi connectivity index (χ0) is 18.9. The van der Waals surface area contributed by atoms with E-state index in [1.165, 1.54) is 5.84 Å². The maximum atomic E-state index is 11.7. The lowest BCUT2D eigenvalue weighted by Gasteiger charge is -2.24. The molecule has 2 aliphatic heterocycles. The predicted octanol–water partition coefficient (Wildman–Crippen LogP) is 3.35. The van der Waals surface area contributed by atoms with E-state index < -0.39 is 5.72 Å². The van der Waals surface area contributed by atoms with Gasteiger partial charge in [0.2, 0.25) is 0 Å². The van der Waals surface area contributed by atoms with Gasteiger partial charge in [0.05, 0.1) is 20.3 Å². The molecule has 2 aliphatic rings. The molecule has 0 bridgehead atoms. The first-order valence-corrected chi connectivity index (χ1v) is 9.66. The van der Waals surface area contributed by atoms with Crippen molar-refractivity contribution in [3.05, 3.63) is 54.1 Å². The smallest absolute Gasteiger partial charge is 0.271 e. The van der Waals surface area contributed by atoms with E-state index in [1.807, 2.05) is 43.3 Å². The van der Waals surface area contributed by atoms with E-state index in [9.17, 15) is 5.11 Å². The Morgan fingerprint density at radius 3 is 2.41 bits per heavy atom. The molecule has 5 heteroatoms. The first-order chi connectivity index (χ1) is 13.2. The van der Waals surface area contributed by atoms with Gasteiger partial charge in [-0.25, -0.2) is 9.48 Å². The van der Waals surface area contributed by atoms with E-state index >= 15 is 0 Å². The van der Waals surface area contributed by atoms with Crippen LogP contribution in [0.2, 0.25) is 0 Å². The van der Waals surface area contributed by atoms with Crippen LogP contribution in [0.5, 0.6) is 11.5 Å². The van der Waals surface area contributed by atoms with Gasteiger partial charge < -0.3 is 14.6 Å². The van der Waals surface area contributed by atoms with E-state index in [0.717, 1.165) is 48.6 Å². The quantitative estimate of drug-likeness (QED) is 0.823. The Morgan fingerprint density at radius 2 is 1.74 bits per heavy atom. The molecule has 0 spiro atoms. The van der Waals surface area contributed by atoms with Crippen LogP contribution in [0.3, 0.4) is 0 Å². The highest BCUT2D eigenvalue weighted by molar-refractivity contribution is 5.96. The van der Waals surface area contributed by atoms with Crippen molar-refractivity contribution in [3.63, 3.8) is 0 Å². The zero-order valence-electron chi connectivity index (χ0n) is 16.0. The fraction of sp³-hybridized carbons (Fsp3) is 0.409. The summed E-state index contributed by atoms with van der Waals surface area (Å²) in [7, 11) is 1.66. The Kier molecular flexibility index (Phi) is 4.79. The van der Waals surface area contributed by atoms with Gasteiger partial charge in [-0.1, -0.05) is 0 Å². The molecule has 0 amide bonds. The van der Waals surface area contributed by atoms with Crippen molar-refractivity contribution in [3.8, 4) is 11.5 Å². The van der Waals surface area contributed by atoms with Crippen LogP contribution in [-0.2, 0) is 5.72 Å². The van der Waals surface area contributed by atoms with E-state index in [0.29, 0.717) is 13.2 Å². The largest absolute Gasteiger partial charge is 0.497 e. The third-order valence-corrected chi connectivity index (χ3v) is 5.49. The predicted molar refractivity (Wildman–Crippen MR) is 106 cm³/mol. The lowest BCUT2D eigenvalue weighted by molar-refractivity contribution is -0.661. The molecule has 2 heterocycles. The molecule has 2 aromatic rings. The molecule has 5 nitrogen and oxygen atoms in total. The fourth-order valence-electron chi connectivity index (χ4n) is 4.13. The van der Waals surface area contributed by atoms with Crippen LogP contribution in [0, 0.1) is 0 Å². The van der Waals surface area contributed by atoms with E-state index in [2.05, 4.69) is 21.6 Å². The Bertz CT molecular complexity index is 830. The first-order valence-electron chi connectivity index (χ1n) is 9.66. The number of hydrogen-bond donors (Lipinski definition) is 1. The Labute approximate surface area is 160 Å². The average Bonchev–Trinajstić information content (AvgIpc) is 3.03. The van der Waals surface area contributed by atoms with E-state index in [-0.39, 0.29) is 0 Å². The molecule has 4 rings (SSSR count). The summed E-state index contributed by atoms with van der Waals surface area (Å²) >= 11 is 0. The molecule has 0 saturated heterocycles. The molecule has 0 aliphatic carbocycles. The summed E-state index contributed by atoms with van der Waals surface area (Å²) in [6.07, 6.45) is 3.23.